The van der Waals surface area contributed by atoms with Gasteiger partial charge in [0, 0.05) is 32.2 Å². The first-order valence-corrected chi connectivity index (χ1v) is 6.37. The van der Waals surface area contributed by atoms with Gasteiger partial charge in [-0.3, -0.25) is 10.3 Å². The van der Waals surface area contributed by atoms with Crippen LogP contribution in [0.2, 0.25) is 0 Å². The van der Waals surface area contributed by atoms with E-state index in [9.17, 15) is 0 Å². The minimum atomic E-state index is -0.00532. The van der Waals surface area contributed by atoms with Gasteiger partial charge in [-0.25, -0.2) is 0 Å². The highest BCUT2D eigenvalue weighted by Crippen LogP contribution is 2.15. The number of nitrogens with zero attached hydrogens (tertiary/aromatic N) is 2. The Morgan fingerprint density at radius 2 is 1.94 bits per heavy atom. The molecule has 1 unspecified atom stereocenters. The van der Waals surface area contributed by atoms with E-state index in [1.807, 2.05) is 0 Å². The fourth-order valence-corrected chi connectivity index (χ4v) is 2.47. The van der Waals surface area contributed by atoms with Crippen LogP contribution < -0.4 is 0 Å². The second kappa shape index (κ2) is 5.15. The van der Waals surface area contributed by atoms with E-state index in [4.69, 9.17) is 10.1 Å². The third-order valence-corrected chi connectivity index (χ3v) is 3.58. The normalized spacial score (nSPS) is 27.7. The molecule has 0 spiro atoms. The number of hydrogen-bond donors (Lipinski definition) is 1. The highest BCUT2D eigenvalue weighted by molar-refractivity contribution is 5.84. The highest BCUT2D eigenvalue weighted by Gasteiger charge is 2.29. The topological polar surface area (TPSA) is 39.6 Å². The van der Waals surface area contributed by atoms with Crippen LogP contribution in [0.3, 0.4) is 0 Å². The van der Waals surface area contributed by atoms with Crippen LogP contribution in [0.25, 0.3) is 0 Å². The fourth-order valence-electron chi connectivity index (χ4n) is 2.47. The minimum Gasteiger partial charge on any atom is -0.368 e. The standard InChI is InChI=1S/C12H23N3O/c1-10(2)15-7-8-16-11(9-15)12(13)14-5-3-4-6-14/h10-11,13H,3-9H2,1-2H3. The van der Waals surface area contributed by atoms with Crippen molar-refractivity contribution in [3.8, 4) is 0 Å². The molecule has 4 nitrogen and oxygen atoms in total. The molecule has 0 aliphatic carbocycles. The molecule has 1 N–H and O–H groups in total. The Balaban J connectivity index is 1.90. The third-order valence-electron chi connectivity index (χ3n) is 3.58. The zero-order chi connectivity index (χ0) is 11.5. The van der Waals surface area contributed by atoms with Crippen molar-refractivity contribution in [2.24, 2.45) is 0 Å². The van der Waals surface area contributed by atoms with Gasteiger partial charge in [0.1, 0.15) is 11.9 Å². The van der Waals surface area contributed by atoms with E-state index in [-0.39, 0.29) is 6.10 Å². The third kappa shape index (κ3) is 2.55. The first-order chi connectivity index (χ1) is 7.68. The maximum atomic E-state index is 8.19. The number of rotatable bonds is 2. The molecule has 0 aromatic carbocycles. The van der Waals surface area contributed by atoms with E-state index < -0.39 is 0 Å². The Hall–Kier alpha value is -0.610. The quantitative estimate of drug-likeness (QED) is 0.566. The van der Waals surface area contributed by atoms with Crippen LogP contribution in [0.15, 0.2) is 0 Å². The van der Waals surface area contributed by atoms with Crippen molar-refractivity contribution in [2.75, 3.05) is 32.8 Å². The van der Waals surface area contributed by atoms with Crippen LogP contribution in [0.4, 0.5) is 0 Å². The van der Waals surface area contributed by atoms with E-state index in [1.165, 1.54) is 12.8 Å². The zero-order valence-electron chi connectivity index (χ0n) is 10.4. The number of amidine groups is 1. The lowest BCUT2D eigenvalue weighted by molar-refractivity contribution is -0.0106. The fraction of sp³-hybridized carbons (Fsp3) is 0.917. The zero-order valence-corrected chi connectivity index (χ0v) is 10.4. The molecule has 2 fully saturated rings. The predicted molar refractivity (Wildman–Crippen MR) is 65.0 cm³/mol. The summed E-state index contributed by atoms with van der Waals surface area (Å²) in [6, 6.07) is 0.553. The van der Waals surface area contributed by atoms with Crippen molar-refractivity contribution < 1.29 is 4.74 Å². The van der Waals surface area contributed by atoms with Crippen molar-refractivity contribution in [1.29, 1.82) is 5.41 Å². The first kappa shape index (κ1) is 11.9. The molecule has 92 valence electrons. The first-order valence-electron chi connectivity index (χ1n) is 6.37. The largest absolute Gasteiger partial charge is 0.368 e. The molecule has 0 bridgehead atoms. The summed E-state index contributed by atoms with van der Waals surface area (Å²) in [4.78, 5) is 4.58. The van der Waals surface area contributed by atoms with E-state index in [1.54, 1.807) is 0 Å². The van der Waals surface area contributed by atoms with Gasteiger partial charge in [-0.1, -0.05) is 0 Å². The maximum Gasteiger partial charge on any atom is 0.127 e. The van der Waals surface area contributed by atoms with Crippen LogP contribution in [0.1, 0.15) is 26.7 Å². The Morgan fingerprint density at radius 1 is 1.25 bits per heavy atom. The van der Waals surface area contributed by atoms with Gasteiger partial charge in [0.15, 0.2) is 0 Å². The maximum absolute atomic E-state index is 8.19. The van der Waals surface area contributed by atoms with Crippen molar-refractivity contribution in [3.63, 3.8) is 0 Å². The van der Waals surface area contributed by atoms with Crippen molar-refractivity contribution in [3.05, 3.63) is 0 Å². The Bertz CT molecular complexity index is 249. The number of ether oxygens (including phenoxy) is 1. The van der Waals surface area contributed by atoms with Gasteiger partial charge in [0.2, 0.25) is 0 Å². The number of hydrogen-bond acceptors (Lipinski definition) is 3. The molecule has 2 aliphatic rings. The average molecular weight is 225 g/mol. The van der Waals surface area contributed by atoms with Crippen LogP contribution in [0.5, 0.6) is 0 Å². The number of nitrogens with one attached hydrogen (secondary N) is 1. The van der Waals surface area contributed by atoms with Gasteiger partial charge in [0.25, 0.3) is 0 Å². The summed E-state index contributed by atoms with van der Waals surface area (Å²) in [5, 5.41) is 8.19. The Labute approximate surface area is 98.1 Å². The highest BCUT2D eigenvalue weighted by atomic mass is 16.5. The van der Waals surface area contributed by atoms with Crippen molar-refractivity contribution in [1.82, 2.24) is 9.80 Å². The van der Waals surface area contributed by atoms with E-state index >= 15 is 0 Å². The number of likely N-dealkylation sites (tertiary alicyclic amines) is 1. The molecule has 2 aliphatic heterocycles. The van der Waals surface area contributed by atoms with Gasteiger partial charge < -0.3 is 9.64 Å². The second-order valence-corrected chi connectivity index (χ2v) is 5.03. The van der Waals surface area contributed by atoms with Gasteiger partial charge in [-0.15, -0.1) is 0 Å². The van der Waals surface area contributed by atoms with Crippen LogP contribution in [0, 0.1) is 5.41 Å². The molecule has 1 atom stereocenters. The summed E-state index contributed by atoms with van der Waals surface area (Å²) in [5.41, 5.74) is 0. The molecule has 0 saturated carbocycles. The molecule has 16 heavy (non-hydrogen) atoms. The molecule has 0 aromatic rings. The summed E-state index contributed by atoms with van der Waals surface area (Å²) in [6.45, 7) is 9.15. The lowest BCUT2D eigenvalue weighted by Crippen LogP contribution is -2.52. The van der Waals surface area contributed by atoms with E-state index in [2.05, 4.69) is 23.6 Å². The van der Waals surface area contributed by atoms with E-state index in [0.29, 0.717) is 11.9 Å². The van der Waals surface area contributed by atoms with Crippen LogP contribution >= 0.6 is 0 Å². The molecule has 0 radical (unpaired) electrons. The summed E-state index contributed by atoms with van der Waals surface area (Å²) >= 11 is 0. The molecule has 0 amide bonds. The molecule has 2 rings (SSSR count). The van der Waals surface area contributed by atoms with Gasteiger partial charge in [0.05, 0.1) is 6.61 Å². The lowest BCUT2D eigenvalue weighted by atomic mass is 10.2. The minimum absolute atomic E-state index is 0.00532. The van der Waals surface area contributed by atoms with Crippen molar-refractivity contribution >= 4 is 5.84 Å². The average Bonchev–Trinajstić information content (AvgIpc) is 2.81. The van der Waals surface area contributed by atoms with Gasteiger partial charge in [-0.2, -0.15) is 0 Å². The SMILES string of the molecule is CC(C)N1CCOC(C(=N)N2CCCC2)C1. The molecular weight excluding hydrogens is 202 g/mol. The molecular formula is C12H23N3O. The summed E-state index contributed by atoms with van der Waals surface area (Å²) in [5.74, 6) is 0.697. The Morgan fingerprint density at radius 3 is 2.56 bits per heavy atom. The monoisotopic (exact) mass is 225 g/mol. The smallest absolute Gasteiger partial charge is 0.127 e. The van der Waals surface area contributed by atoms with Crippen LogP contribution in [-0.4, -0.2) is 60.6 Å². The lowest BCUT2D eigenvalue weighted by Gasteiger charge is -2.37. The second-order valence-electron chi connectivity index (χ2n) is 5.03. The predicted octanol–water partition coefficient (Wildman–Crippen LogP) is 1.17. The van der Waals surface area contributed by atoms with E-state index in [0.717, 1.165) is 32.8 Å². The molecule has 4 heteroatoms. The summed E-state index contributed by atoms with van der Waals surface area (Å²) in [6.07, 6.45) is 2.45. The van der Waals surface area contributed by atoms with Crippen molar-refractivity contribution in [2.45, 2.75) is 38.8 Å². The van der Waals surface area contributed by atoms with Gasteiger partial charge in [-0.05, 0) is 26.7 Å². The summed E-state index contributed by atoms with van der Waals surface area (Å²) in [7, 11) is 0. The van der Waals surface area contributed by atoms with Gasteiger partial charge >= 0.3 is 0 Å². The molecule has 2 heterocycles. The number of morpholine rings is 1. The molecule has 0 aromatic heterocycles. The summed E-state index contributed by atoms with van der Waals surface area (Å²) < 4.78 is 5.72. The Kier molecular flexibility index (Phi) is 3.82. The van der Waals surface area contributed by atoms with Crippen LogP contribution in [-0.2, 0) is 4.74 Å². The molecule has 2 saturated heterocycles.